The molecule has 1 aromatic rings. The van der Waals surface area contributed by atoms with Crippen LogP contribution in [0.2, 0.25) is 5.02 Å². The van der Waals surface area contributed by atoms with Crippen LogP contribution in [0.1, 0.15) is 26.7 Å². The predicted molar refractivity (Wildman–Crippen MR) is 76.3 cm³/mol. The predicted octanol–water partition coefficient (Wildman–Crippen LogP) is 3.88. The Bertz CT molecular complexity index is 398. The van der Waals surface area contributed by atoms with E-state index >= 15 is 0 Å². The molecular formula is C15H21ClFNO. The lowest BCUT2D eigenvalue weighted by Crippen LogP contribution is -2.30. The van der Waals surface area contributed by atoms with Gasteiger partial charge >= 0.3 is 0 Å². The molecule has 0 aromatic heterocycles. The summed E-state index contributed by atoms with van der Waals surface area (Å²) >= 11 is 5.87. The Morgan fingerprint density at radius 1 is 1.42 bits per heavy atom. The van der Waals surface area contributed by atoms with E-state index in [1.165, 1.54) is 12.1 Å². The van der Waals surface area contributed by atoms with Gasteiger partial charge in [0.15, 0.2) is 0 Å². The SMILES string of the molecule is CC(C)CC(Oc1cc(F)cc(Cl)c1)C1CCNC1. The van der Waals surface area contributed by atoms with Crippen molar-refractivity contribution in [2.24, 2.45) is 11.8 Å². The van der Waals surface area contributed by atoms with Crippen LogP contribution >= 0.6 is 11.6 Å². The molecule has 1 N–H and O–H groups in total. The summed E-state index contributed by atoms with van der Waals surface area (Å²) in [6.45, 7) is 6.36. The van der Waals surface area contributed by atoms with Crippen molar-refractivity contribution in [2.75, 3.05) is 13.1 Å². The largest absolute Gasteiger partial charge is 0.490 e. The molecule has 1 fully saturated rings. The maximum Gasteiger partial charge on any atom is 0.128 e. The molecule has 0 bridgehead atoms. The van der Waals surface area contributed by atoms with Gasteiger partial charge in [-0.25, -0.2) is 4.39 Å². The van der Waals surface area contributed by atoms with Crippen LogP contribution < -0.4 is 10.1 Å². The van der Waals surface area contributed by atoms with Gasteiger partial charge in [-0.3, -0.25) is 0 Å². The van der Waals surface area contributed by atoms with Crippen molar-refractivity contribution >= 4 is 11.6 Å². The third kappa shape index (κ3) is 4.36. The number of benzene rings is 1. The second-order valence-corrected chi connectivity index (χ2v) is 6.08. The van der Waals surface area contributed by atoms with E-state index in [-0.39, 0.29) is 11.9 Å². The summed E-state index contributed by atoms with van der Waals surface area (Å²) in [4.78, 5) is 0. The van der Waals surface area contributed by atoms with Crippen molar-refractivity contribution in [1.29, 1.82) is 0 Å². The fraction of sp³-hybridized carbons (Fsp3) is 0.600. The van der Waals surface area contributed by atoms with Gasteiger partial charge in [0.2, 0.25) is 0 Å². The van der Waals surface area contributed by atoms with E-state index in [1.807, 2.05) is 0 Å². The number of hydrogen-bond donors (Lipinski definition) is 1. The van der Waals surface area contributed by atoms with Gasteiger partial charge in [0.1, 0.15) is 17.7 Å². The zero-order valence-electron chi connectivity index (χ0n) is 11.5. The van der Waals surface area contributed by atoms with Gasteiger partial charge in [-0.2, -0.15) is 0 Å². The molecule has 4 heteroatoms. The van der Waals surface area contributed by atoms with Crippen molar-refractivity contribution in [3.8, 4) is 5.75 Å². The molecule has 2 rings (SSSR count). The first-order chi connectivity index (χ1) is 9.04. The molecule has 1 aliphatic heterocycles. The highest BCUT2D eigenvalue weighted by Crippen LogP contribution is 2.27. The average molecular weight is 286 g/mol. The van der Waals surface area contributed by atoms with Crippen LogP contribution in [0, 0.1) is 17.7 Å². The van der Waals surface area contributed by atoms with E-state index in [4.69, 9.17) is 16.3 Å². The number of ether oxygens (including phenoxy) is 1. The van der Waals surface area contributed by atoms with Crippen molar-refractivity contribution in [2.45, 2.75) is 32.8 Å². The van der Waals surface area contributed by atoms with Gasteiger partial charge in [0, 0.05) is 23.6 Å². The fourth-order valence-electron chi connectivity index (χ4n) is 2.57. The fourth-order valence-corrected chi connectivity index (χ4v) is 2.78. The molecule has 0 amide bonds. The molecule has 19 heavy (non-hydrogen) atoms. The third-order valence-electron chi connectivity index (χ3n) is 3.45. The minimum Gasteiger partial charge on any atom is -0.490 e. The lowest BCUT2D eigenvalue weighted by Gasteiger charge is -2.26. The van der Waals surface area contributed by atoms with E-state index in [0.29, 0.717) is 22.6 Å². The van der Waals surface area contributed by atoms with Crippen LogP contribution in [-0.4, -0.2) is 19.2 Å². The summed E-state index contributed by atoms with van der Waals surface area (Å²) in [6.07, 6.45) is 2.20. The van der Waals surface area contributed by atoms with Gasteiger partial charge < -0.3 is 10.1 Å². The molecule has 1 aromatic carbocycles. The van der Waals surface area contributed by atoms with E-state index in [9.17, 15) is 4.39 Å². The maximum absolute atomic E-state index is 13.3. The number of halogens is 2. The van der Waals surface area contributed by atoms with Crippen LogP contribution in [0.15, 0.2) is 18.2 Å². The van der Waals surface area contributed by atoms with E-state index in [2.05, 4.69) is 19.2 Å². The Morgan fingerprint density at radius 2 is 2.21 bits per heavy atom. The molecule has 0 spiro atoms. The second kappa shape index (κ2) is 6.58. The van der Waals surface area contributed by atoms with Crippen molar-refractivity contribution in [3.63, 3.8) is 0 Å². The van der Waals surface area contributed by atoms with Gasteiger partial charge in [-0.15, -0.1) is 0 Å². The summed E-state index contributed by atoms with van der Waals surface area (Å²) in [5, 5.41) is 3.73. The summed E-state index contributed by atoms with van der Waals surface area (Å²) in [6, 6.07) is 4.38. The molecule has 2 unspecified atom stereocenters. The number of nitrogens with one attached hydrogen (secondary N) is 1. The van der Waals surface area contributed by atoms with Crippen LogP contribution in [0.25, 0.3) is 0 Å². The first-order valence-electron chi connectivity index (χ1n) is 6.88. The maximum atomic E-state index is 13.3. The topological polar surface area (TPSA) is 21.3 Å². The lowest BCUT2D eigenvalue weighted by molar-refractivity contribution is 0.119. The van der Waals surface area contributed by atoms with Crippen LogP contribution in [0.5, 0.6) is 5.75 Å². The lowest BCUT2D eigenvalue weighted by atomic mass is 9.93. The Balaban J connectivity index is 2.09. The third-order valence-corrected chi connectivity index (χ3v) is 3.67. The highest BCUT2D eigenvalue weighted by Gasteiger charge is 2.27. The molecular weight excluding hydrogens is 265 g/mol. The number of rotatable bonds is 5. The van der Waals surface area contributed by atoms with Crippen LogP contribution in [0.4, 0.5) is 4.39 Å². The highest BCUT2D eigenvalue weighted by molar-refractivity contribution is 6.30. The van der Waals surface area contributed by atoms with E-state index in [1.54, 1.807) is 6.07 Å². The number of hydrogen-bond acceptors (Lipinski definition) is 2. The van der Waals surface area contributed by atoms with Crippen molar-refractivity contribution in [1.82, 2.24) is 5.32 Å². The minimum atomic E-state index is -0.352. The molecule has 0 aliphatic carbocycles. The molecule has 2 atom stereocenters. The van der Waals surface area contributed by atoms with Gasteiger partial charge in [0.25, 0.3) is 0 Å². The summed E-state index contributed by atoms with van der Waals surface area (Å²) in [5.74, 6) is 1.22. The zero-order chi connectivity index (χ0) is 13.8. The molecule has 0 saturated carbocycles. The quantitative estimate of drug-likeness (QED) is 0.886. The Labute approximate surface area is 119 Å². The highest BCUT2D eigenvalue weighted by atomic mass is 35.5. The molecule has 106 valence electrons. The first-order valence-corrected chi connectivity index (χ1v) is 7.26. The Kier molecular flexibility index (Phi) is 5.06. The smallest absolute Gasteiger partial charge is 0.128 e. The van der Waals surface area contributed by atoms with E-state index < -0.39 is 0 Å². The summed E-state index contributed by atoms with van der Waals surface area (Å²) in [5.41, 5.74) is 0. The monoisotopic (exact) mass is 285 g/mol. The molecule has 1 aliphatic rings. The van der Waals surface area contributed by atoms with E-state index in [0.717, 1.165) is 25.9 Å². The average Bonchev–Trinajstić information content (AvgIpc) is 2.79. The summed E-state index contributed by atoms with van der Waals surface area (Å²) < 4.78 is 19.3. The van der Waals surface area contributed by atoms with Crippen LogP contribution in [0.3, 0.4) is 0 Å². The van der Waals surface area contributed by atoms with Gasteiger partial charge in [-0.1, -0.05) is 25.4 Å². The molecule has 2 nitrogen and oxygen atoms in total. The standard InChI is InChI=1S/C15H21ClFNO/c1-10(2)5-15(11-3-4-18-9-11)19-14-7-12(16)6-13(17)8-14/h6-8,10-11,15,18H,3-5,9H2,1-2H3. The minimum absolute atomic E-state index is 0.118. The normalized spacial score (nSPS) is 20.8. The van der Waals surface area contributed by atoms with Crippen molar-refractivity contribution < 1.29 is 9.13 Å². The second-order valence-electron chi connectivity index (χ2n) is 5.64. The molecule has 1 saturated heterocycles. The molecule has 1 heterocycles. The Hall–Kier alpha value is -0.800. The van der Waals surface area contributed by atoms with Gasteiger partial charge in [0.05, 0.1) is 0 Å². The molecule has 0 radical (unpaired) electrons. The zero-order valence-corrected chi connectivity index (χ0v) is 12.2. The summed E-state index contributed by atoms with van der Waals surface area (Å²) in [7, 11) is 0. The van der Waals surface area contributed by atoms with Gasteiger partial charge in [-0.05, 0) is 37.4 Å². The van der Waals surface area contributed by atoms with Crippen molar-refractivity contribution in [3.05, 3.63) is 29.0 Å². The van der Waals surface area contributed by atoms with Crippen LogP contribution in [-0.2, 0) is 0 Å². The Morgan fingerprint density at radius 3 is 2.79 bits per heavy atom. The first kappa shape index (κ1) is 14.6.